The molecule has 0 aromatic heterocycles. The Morgan fingerprint density at radius 2 is 1.89 bits per heavy atom. The summed E-state index contributed by atoms with van der Waals surface area (Å²) in [4.78, 5) is 44.0. The zero-order valence-corrected chi connectivity index (χ0v) is 15.4. The second-order valence-corrected chi connectivity index (χ2v) is 6.57. The third kappa shape index (κ3) is 9.50. The van der Waals surface area contributed by atoms with Gasteiger partial charge in [0.15, 0.2) is 0 Å². The monoisotopic (exact) mass is 399 g/mol. The van der Waals surface area contributed by atoms with Gasteiger partial charge in [0.25, 0.3) is 12.8 Å². The Bertz CT molecular complexity index is 649. The Hall–Kier alpha value is -2.75. The first-order chi connectivity index (χ1) is 12.8. The average Bonchev–Trinajstić information content (AvgIpc) is 2.60. The van der Waals surface area contributed by atoms with Gasteiger partial charge in [-0.15, -0.1) is 11.8 Å². The highest BCUT2D eigenvalue weighted by atomic mass is 32.2. The quantitative estimate of drug-likeness (QED) is 0.354. The van der Waals surface area contributed by atoms with E-state index in [4.69, 9.17) is 14.9 Å². The van der Waals surface area contributed by atoms with Crippen LogP contribution in [0.4, 0.5) is 4.79 Å². The average molecular weight is 399 g/mol. The van der Waals surface area contributed by atoms with Gasteiger partial charge in [-0.2, -0.15) is 0 Å². The zero-order chi connectivity index (χ0) is 20.2. The predicted molar refractivity (Wildman–Crippen MR) is 96.2 cm³/mol. The van der Waals surface area contributed by atoms with E-state index >= 15 is 0 Å². The van der Waals surface area contributed by atoms with E-state index in [9.17, 15) is 19.2 Å². The van der Waals surface area contributed by atoms with E-state index in [2.05, 4.69) is 4.74 Å². The number of benzene rings is 1. The summed E-state index contributed by atoms with van der Waals surface area (Å²) in [5, 5.41) is 19.7. The van der Waals surface area contributed by atoms with Crippen LogP contribution in [-0.2, 0) is 29.6 Å². The van der Waals surface area contributed by atoms with Gasteiger partial charge in [-0.1, -0.05) is 29.8 Å². The van der Waals surface area contributed by atoms with Crippen LogP contribution in [0.2, 0.25) is 0 Å². The Morgan fingerprint density at radius 1 is 1.22 bits per heavy atom. The maximum atomic E-state index is 11.8. The molecule has 0 aliphatic heterocycles. The lowest BCUT2D eigenvalue weighted by molar-refractivity contribution is -0.149. The number of carboxylic acid groups (broad SMARTS) is 2. The second kappa shape index (κ2) is 11.8. The van der Waals surface area contributed by atoms with Crippen LogP contribution in [0.5, 0.6) is 0 Å². The first kappa shape index (κ1) is 22.3. The van der Waals surface area contributed by atoms with E-state index in [1.54, 1.807) is 0 Å². The van der Waals surface area contributed by atoms with Crippen LogP contribution in [0.3, 0.4) is 0 Å². The number of ether oxygens (including phenoxy) is 2. The Balaban J connectivity index is 2.49. The summed E-state index contributed by atoms with van der Waals surface area (Å²) < 4.78 is 9.58. The molecule has 27 heavy (non-hydrogen) atoms. The van der Waals surface area contributed by atoms with E-state index in [1.807, 2.05) is 36.5 Å². The van der Waals surface area contributed by atoms with Crippen LogP contribution in [0.15, 0.2) is 24.3 Å². The van der Waals surface area contributed by atoms with Crippen molar-refractivity contribution in [2.24, 2.45) is 0 Å². The van der Waals surface area contributed by atoms with E-state index in [-0.39, 0.29) is 18.6 Å². The van der Waals surface area contributed by atoms with Crippen LogP contribution in [0.1, 0.15) is 24.0 Å². The third-order valence-electron chi connectivity index (χ3n) is 3.33. The van der Waals surface area contributed by atoms with Gasteiger partial charge >= 0.3 is 18.0 Å². The normalized spacial score (nSPS) is 12.5. The standard InChI is InChI=1S/C17H21NO8S/c1-11-2-4-12(5-3-11)8-27-9-15(25-10-19)26-17(24)18-13(16(22)23)6-7-14(20)21/h2-5,10,13,15H,6-9H2,1H3,(H,18,24)(H,20,21)(H,22,23)/t13-,15-/m0/s1. The summed E-state index contributed by atoms with van der Waals surface area (Å²) in [7, 11) is 0. The first-order valence-corrected chi connectivity index (χ1v) is 9.11. The highest BCUT2D eigenvalue weighted by Gasteiger charge is 2.24. The van der Waals surface area contributed by atoms with Crippen molar-refractivity contribution in [1.29, 1.82) is 0 Å². The molecule has 0 bridgehead atoms. The van der Waals surface area contributed by atoms with E-state index < -0.39 is 36.8 Å². The van der Waals surface area contributed by atoms with Gasteiger partial charge in [0.2, 0.25) is 0 Å². The molecule has 0 unspecified atom stereocenters. The molecule has 1 aromatic rings. The molecule has 0 aliphatic rings. The minimum atomic E-state index is -1.43. The van der Waals surface area contributed by atoms with Gasteiger partial charge in [-0.3, -0.25) is 9.59 Å². The molecule has 3 N–H and O–H groups in total. The third-order valence-corrected chi connectivity index (χ3v) is 4.37. The van der Waals surface area contributed by atoms with Crippen molar-refractivity contribution in [3.8, 4) is 0 Å². The van der Waals surface area contributed by atoms with Crippen molar-refractivity contribution >= 4 is 36.3 Å². The van der Waals surface area contributed by atoms with Crippen molar-refractivity contribution in [2.75, 3.05) is 5.75 Å². The molecule has 0 aliphatic carbocycles. The maximum absolute atomic E-state index is 11.8. The fourth-order valence-corrected chi connectivity index (χ4v) is 2.83. The van der Waals surface area contributed by atoms with Crippen molar-refractivity contribution in [2.45, 2.75) is 37.9 Å². The van der Waals surface area contributed by atoms with Crippen LogP contribution in [0.25, 0.3) is 0 Å². The second-order valence-electron chi connectivity index (χ2n) is 5.54. The number of hydrogen-bond donors (Lipinski definition) is 3. The van der Waals surface area contributed by atoms with Gasteiger partial charge in [0, 0.05) is 12.2 Å². The number of rotatable bonds is 12. The van der Waals surface area contributed by atoms with Crippen molar-refractivity contribution in [3.05, 3.63) is 35.4 Å². The van der Waals surface area contributed by atoms with Crippen LogP contribution in [0, 0.1) is 6.92 Å². The lowest BCUT2D eigenvalue weighted by Crippen LogP contribution is -2.43. The molecule has 0 spiro atoms. The van der Waals surface area contributed by atoms with Crippen molar-refractivity contribution in [1.82, 2.24) is 5.32 Å². The topological polar surface area (TPSA) is 139 Å². The molecule has 1 amide bonds. The van der Waals surface area contributed by atoms with Crippen molar-refractivity contribution < 1.29 is 38.9 Å². The minimum Gasteiger partial charge on any atom is -0.481 e. The number of alkyl carbamates (subject to hydrolysis) is 1. The SMILES string of the molecule is Cc1ccc(CSC[C@@H](OC=O)OC(=O)N[C@@H](CCC(=O)O)C(=O)O)cc1. The summed E-state index contributed by atoms with van der Waals surface area (Å²) >= 11 is 1.36. The summed E-state index contributed by atoms with van der Waals surface area (Å²) in [5.41, 5.74) is 2.17. The fourth-order valence-electron chi connectivity index (χ4n) is 1.94. The lowest BCUT2D eigenvalue weighted by atomic mass is 10.1. The molecular formula is C17H21NO8S. The minimum absolute atomic E-state index is 0.128. The summed E-state index contributed by atoms with van der Waals surface area (Å²) in [6.45, 7) is 2.10. The Morgan fingerprint density at radius 3 is 2.44 bits per heavy atom. The summed E-state index contributed by atoms with van der Waals surface area (Å²) in [6, 6.07) is 6.40. The molecule has 2 atom stereocenters. The van der Waals surface area contributed by atoms with Gasteiger partial charge in [-0.05, 0) is 18.9 Å². The van der Waals surface area contributed by atoms with Gasteiger partial charge < -0.3 is 25.0 Å². The molecule has 0 saturated carbocycles. The maximum Gasteiger partial charge on any atom is 0.410 e. The first-order valence-electron chi connectivity index (χ1n) is 7.96. The number of aliphatic carboxylic acids is 2. The van der Waals surface area contributed by atoms with Gasteiger partial charge in [0.1, 0.15) is 6.04 Å². The molecule has 148 valence electrons. The van der Waals surface area contributed by atoms with Gasteiger partial charge in [-0.25, -0.2) is 9.59 Å². The smallest absolute Gasteiger partial charge is 0.410 e. The summed E-state index contributed by atoms with van der Waals surface area (Å²) in [5.74, 6) is -1.84. The number of carbonyl (C=O) groups excluding carboxylic acids is 2. The molecule has 0 heterocycles. The van der Waals surface area contributed by atoms with E-state index in [0.29, 0.717) is 5.75 Å². The number of hydrogen-bond acceptors (Lipinski definition) is 7. The van der Waals surface area contributed by atoms with E-state index in [0.717, 1.165) is 11.1 Å². The number of nitrogens with one attached hydrogen (secondary N) is 1. The zero-order valence-electron chi connectivity index (χ0n) is 14.6. The molecule has 1 aromatic carbocycles. The number of carboxylic acids is 2. The highest BCUT2D eigenvalue weighted by Crippen LogP contribution is 2.15. The number of amides is 1. The number of thioether (sulfide) groups is 1. The number of aryl methyl sites for hydroxylation is 1. The molecule has 9 nitrogen and oxygen atoms in total. The lowest BCUT2D eigenvalue weighted by Gasteiger charge is -2.18. The van der Waals surface area contributed by atoms with Crippen LogP contribution < -0.4 is 5.32 Å². The van der Waals surface area contributed by atoms with Crippen LogP contribution in [-0.4, -0.2) is 52.8 Å². The predicted octanol–water partition coefficient (Wildman–Crippen LogP) is 1.77. The molecule has 0 fully saturated rings. The molecular weight excluding hydrogens is 378 g/mol. The van der Waals surface area contributed by atoms with Gasteiger partial charge in [0.05, 0.1) is 5.75 Å². The van der Waals surface area contributed by atoms with Crippen LogP contribution >= 0.6 is 11.8 Å². The highest BCUT2D eigenvalue weighted by molar-refractivity contribution is 7.98. The summed E-state index contributed by atoms with van der Waals surface area (Å²) in [6.07, 6.45) is -3.05. The largest absolute Gasteiger partial charge is 0.481 e. The van der Waals surface area contributed by atoms with E-state index in [1.165, 1.54) is 11.8 Å². The number of carbonyl (C=O) groups is 4. The molecule has 1 rings (SSSR count). The molecule has 0 saturated heterocycles. The molecule has 0 radical (unpaired) electrons. The fraction of sp³-hybridized carbons (Fsp3) is 0.412. The van der Waals surface area contributed by atoms with Crippen molar-refractivity contribution in [3.63, 3.8) is 0 Å². The molecule has 10 heteroatoms. The Labute approximate surface area is 160 Å². The Kier molecular flexibility index (Phi) is 9.73.